The zero-order chi connectivity index (χ0) is 12.7. The van der Waals surface area contributed by atoms with Crippen LogP contribution >= 0.6 is 0 Å². The van der Waals surface area contributed by atoms with Crippen LogP contribution in [0.2, 0.25) is 0 Å². The van der Waals surface area contributed by atoms with E-state index in [1.54, 1.807) is 0 Å². The van der Waals surface area contributed by atoms with Crippen molar-refractivity contribution in [1.82, 2.24) is 0 Å². The van der Waals surface area contributed by atoms with Crippen molar-refractivity contribution in [2.75, 3.05) is 0 Å². The van der Waals surface area contributed by atoms with Crippen LogP contribution in [0.1, 0.15) is 57.8 Å². The highest BCUT2D eigenvalue weighted by atomic mass is 16.3. The maximum Gasteiger partial charge on any atom is 0.151 e. The highest BCUT2D eigenvalue weighted by Gasteiger charge is 2.27. The van der Waals surface area contributed by atoms with Gasteiger partial charge in [-0.3, -0.25) is 0 Å². The zero-order valence-corrected chi connectivity index (χ0v) is 10.3. The Morgan fingerprint density at radius 2 is 1.47 bits per heavy atom. The molecule has 0 saturated heterocycles. The average Bonchev–Trinajstić information content (AvgIpc) is 2.31. The van der Waals surface area contributed by atoms with Gasteiger partial charge in [0.15, 0.2) is 6.29 Å². The average molecular weight is 244 g/mol. The minimum atomic E-state index is -1.29. The fraction of sp³-hybridized carbons (Fsp3) is 0.923. The first-order valence-corrected chi connectivity index (χ1v) is 6.60. The van der Waals surface area contributed by atoms with Crippen LogP contribution in [-0.4, -0.2) is 39.4 Å². The maximum atomic E-state index is 10.9. The number of carbonyl (C=O) groups excluding carboxylic acids is 1. The van der Waals surface area contributed by atoms with Crippen LogP contribution < -0.4 is 0 Å². The predicted molar refractivity (Wildman–Crippen MR) is 64.6 cm³/mol. The van der Waals surface area contributed by atoms with E-state index in [1.165, 1.54) is 0 Å². The quantitative estimate of drug-likeness (QED) is 0.605. The summed E-state index contributed by atoms with van der Waals surface area (Å²) in [6, 6.07) is 0. The highest BCUT2D eigenvalue weighted by molar-refractivity contribution is 5.61. The predicted octanol–water partition coefficient (Wildman–Crippen LogP) is 1.16. The van der Waals surface area contributed by atoms with Gasteiger partial charge in [0.05, 0.1) is 12.2 Å². The number of hydrogen-bond donors (Lipinski definition) is 3. The molecule has 4 heteroatoms. The molecule has 1 saturated carbocycles. The fourth-order valence-electron chi connectivity index (χ4n) is 2.35. The second kappa shape index (κ2) is 7.09. The van der Waals surface area contributed by atoms with Crippen molar-refractivity contribution in [3.05, 3.63) is 0 Å². The Labute approximate surface area is 103 Å². The van der Waals surface area contributed by atoms with Gasteiger partial charge in [-0.1, -0.05) is 12.8 Å². The van der Waals surface area contributed by atoms with E-state index in [1.807, 2.05) is 0 Å². The lowest BCUT2D eigenvalue weighted by atomic mass is 9.89. The van der Waals surface area contributed by atoms with Crippen molar-refractivity contribution in [1.29, 1.82) is 0 Å². The molecular formula is C13H24O4. The molecule has 0 radical (unpaired) electrons. The van der Waals surface area contributed by atoms with Crippen molar-refractivity contribution in [3.8, 4) is 0 Å². The molecular weight excluding hydrogens is 220 g/mol. The molecule has 0 aliphatic heterocycles. The van der Waals surface area contributed by atoms with Crippen molar-refractivity contribution >= 4 is 6.29 Å². The van der Waals surface area contributed by atoms with Crippen molar-refractivity contribution in [2.45, 2.75) is 75.6 Å². The maximum absolute atomic E-state index is 10.9. The monoisotopic (exact) mass is 244 g/mol. The molecule has 100 valence electrons. The third-order valence-corrected chi connectivity index (χ3v) is 3.60. The summed E-state index contributed by atoms with van der Waals surface area (Å²) in [4.78, 5) is 10.9. The number of rotatable bonds is 1. The third-order valence-electron chi connectivity index (χ3n) is 3.60. The number of aliphatic hydroxyl groups is 3. The number of aldehydes is 1. The molecule has 3 unspecified atom stereocenters. The van der Waals surface area contributed by atoms with Crippen molar-refractivity contribution < 1.29 is 20.1 Å². The minimum absolute atomic E-state index is 0.314. The number of aliphatic hydroxyl groups excluding tert-OH is 2. The van der Waals surface area contributed by atoms with Gasteiger partial charge in [-0.2, -0.15) is 0 Å². The number of hydrogen-bond acceptors (Lipinski definition) is 4. The molecule has 0 aromatic rings. The van der Waals surface area contributed by atoms with Crippen LogP contribution in [-0.2, 0) is 4.79 Å². The summed E-state index contributed by atoms with van der Waals surface area (Å²) >= 11 is 0. The van der Waals surface area contributed by atoms with E-state index in [0.717, 1.165) is 25.7 Å². The largest absolute Gasteiger partial charge is 0.393 e. The van der Waals surface area contributed by atoms with Crippen LogP contribution in [0.4, 0.5) is 0 Å². The van der Waals surface area contributed by atoms with E-state index in [2.05, 4.69) is 0 Å². The zero-order valence-electron chi connectivity index (χ0n) is 10.3. The SMILES string of the molecule is O=CC1(O)CCCCC(O)CCCC(O)CC1. The Morgan fingerprint density at radius 1 is 0.882 bits per heavy atom. The molecule has 4 nitrogen and oxygen atoms in total. The Bertz CT molecular complexity index is 231. The Kier molecular flexibility index (Phi) is 6.09. The molecule has 1 aliphatic carbocycles. The van der Waals surface area contributed by atoms with E-state index < -0.39 is 11.7 Å². The van der Waals surface area contributed by atoms with E-state index >= 15 is 0 Å². The van der Waals surface area contributed by atoms with Crippen LogP contribution in [0, 0.1) is 0 Å². The van der Waals surface area contributed by atoms with Gasteiger partial charge >= 0.3 is 0 Å². The first kappa shape index (κ1) is 14.6. The molecule has 1 rings (SSSR count). The Balaban J connectivity index is 2.51. The summed E-state index contributed by atoms with van der Waals surface area (Å²) in [5.74, 6) is 0. The molecule has 0 amide bonds. The van der Waals surface area contributed by atoms with Gasteiger partial charge in [-0.25, -0.2) is 0 Å². The minimum Gasteiger partial charge on any atom is -0.393 e. The van der Waals surface area contributed by atoms with Crippen molar-refractivity contribution in [2.24, 2.45) is 0 Å². The third kappa shape index (κ3) is 5.61. The normalized spacial score (nSPS) is 37.8. The van der Waals surface area contributed by atoms with Gasteiger partial charge < -0.3 is 20.1 Å². The summed E-state index contributed by atoms with van der Waals surface area (Å²) in [6.07, 6.45) is 5.46. The molecule has 1 aliphatic rings. The van der Waals surface area contributed by atoms with Crippen LogP contribution in [0.3, 0.4) is 0 Å². The summed E-state index contributed by atoms with van der Waals surface area (Å²) in [7, 11) is 0. The summed E-state index contributed by atoms with van der Waals surface area (Å²) < 4.78 is 0. The highest BCUT2D eigenvalue weighted by Crippen LogP contribution is 2.23. The molecule has 0 heterocycles. The van der Waals surface area contributed by atoms with E-state index in [4.69, 9.17) is 0 Å². The smallest absolute Gasteiger partial charge is 0.151 e. The fourth-order valence-corrected chi connectivity index (χ4v) is 2.35. The lowest BCUT2D eigenvalue weighted by Gasteiger charge is -2.24. The van der Waals surface area contributed by atoms with Gasteiger partial charge in [0.2, 0.25) is 0 Å². The van der Waals surface area contributed by atoms with Gasteiger partial charge in [-0.15, -0.1) is 0 Å². The first-order valence-electron chi connectivity index (χ1n) is 6.60. The molecule has 0 spiro atoms. The van der Waals surface area contributed by atoms with E-state index in [0.29, 0.717) is 38.4 Å². The molecule has 3 atom stereocenters. The van der Waals surface area contributed by atoms with Crippen LogP contribution in [0.5, 0.6) is 0 Å². The van der Waals surface area contributed by atoms with Gasteiger partial charge in [-0.05, 0) is 44.9 Å². The molecule has 3 N–H and O–H groups in total. The summed E-state index contributed by atoms with van der Waals surface area (Å²) in [6.45, 7) is 0. The second-order valence-electron chi connectivity index (χ2n) is 5.24. The summed E-state index contributed by atoms with van der Waals surface area (Å²) in [5.41, 5.74) is -1.29. The molecule has 0 aromatic carbocycles. The van der Waals surface area contributed by atoms with Crippen molar-refractivity contribution in [3.63, 3.8) is 0 Å². The van der Waals surface area contributed by atoms with Crippen LogP contribution in [0.15, 0.2) is 0 Å². The molecule has 0 aromatic heterocycles. The standard InChI is InChI=1S/C13H24O4/c14-10-13(17)8-2-1-4-11(15)5-3-6-12(16)7-9-13/h10-12,15-17H,1-9H2. The topological polar surface area (TPSA) is 77.8 Å². The molecule has 17 heavy (non-hydrogen) atoms. The molecule has 1 fully saturated rings. The van der Waals surface area contributed by atoms with Gasteiger partial charge in [0.25, 0.3) is 0 Å². The lowest BCUT2D eigenvalue weighted by molar-refractivity contribution is -0.126. The van der Waals surface area contributed by atoms with Crippen LogP contribution in [0.25, 0.3) is 0 Å². The Morgan fingerprint density at radius 3 is 2.12 bits per heavy atom. The lowest BCUT2D eigenvalue weighted by Crippen LogP contribution is -2.32. The first-order chi connectivity index (χ1) is 8.06. The van der Waals surface area contributed by atoms with E-state index in [-0.39, 0.29) is 6.10 Å². The second-order valence-corrected chi connectivity index (χ2v) is 5.24. The molecule has 0 bridgehead atoms. The van der Waals surface area contributed by atoms with Gasteiger partial charge in [0.1, 0.15) is 5.60 Å². The van der Waals surface area contributed by atoms with Gasteiger partial charge in [0, 0.05) is 0 Å². The van der Waals surface area contributed by atoms with E-state index in [9.17, 15) is 20.1 Å². The number of carbonyl (C=O) groups is 1. The Hall–Kier alpha value is -0.450. The summed E-state index contributed by atoms with van der Waals surface area (Å²) in [5, 5.41) is 29.4.